The predicted molar refractivity (Wildman–Crippen MR) is 209 cm³/mol. The van der Waals surface area contributed by atoms with Crippen LogP contribution in [0.15, 0.2) is 30.5 Å². The largest absolute Gasteiger partial charge is 0.480 e. The molecular weight excluding hydrogens is 760 g/mol. The minimum atomic E-state index is -1.82. The number of para-hydroxylation sites is 1. The number of carboxylic acids is 1. The van der Waals surface area contributed by atoms with Gasteiger partial charge in [0.1, 0.15) is 36.3 Å². The molecule has 1 aromatic carbocycles. The lowest BCUT2D eigenvalue weighted by Gasteiger charge is -2.31. The number of carboxylic acid groups (broad SMARTS) is 1. The molecule has 2 rings (SSSR count). The van der Waals surface area contributed by atoms with E-state index in [4.69, 9.17) is 5.73 Å². The molecule has 7 amide bonds. The SMILES string of the molecule is CC[C@H](C)[C@H](NC(=O)[C@H](CCC(N)=O)NC(=O)[C@@H](NC(C)=O)[C@@H](C)O)C(=O)N[C@H](C(=O)N[C@@H](Cc1c[nH]c2ccccc12)C(=O)N[C@H](C(=O)O)C(C)C)[C@@H](O)CCO. The molecule has 0 saturated carbocycles. The standard InChI is InChI=1S/C38H58N8O12/c1-7-19(4)30(45-33(52)25(12-13-28(39)51)42-36(55)31(20(5)48)41-21(6)49)35(54)46-32(27(50)14-15-47)37(56)43-26(34(53)44-29(18(2)3)38(57)58)16-22-17-40-24-11-9-8-10-23(22)24/h8-11,17-20,25-27,29-32,40,47-48,50H,7,12-16H2,1-6H3,(H2,39,51)(H,41,49)(H,42,55)(H,43,56)(H,44,53)(H,45,52)(H,46,54)(H,57,58)/t19-,20+,25-,26-,27-,29-,30-,31-,32-/m0/s1. The molecule has 0 saturated heterocycles. The highest BCUT2D eigenvalue weighted by Gasteiger charge is 2.38. The summed E-state index contributed by atoms with van der Waals surface area (Å²) in [5.41, 5.74) is 6.60. The van der Waals surface area contributed by atoms with Crippen LogP contribution in [0, 0.1) is 11.8 Å². The van der Waals surface area contributed by atoms with Gasteiger partial charge in [0.15, 0.2) is 0 Å². The van der Waals surface area contributed by atoms with Gasteiger partial charge in [0.2, 0.25) is 41.4 Å². The number of rotatable bonds is 24. The topological polar surface area (TPSA) is 331 Å². The van der Waals surface area contributed by atoms with E-state index in [0.29, 0.717) is 10.9 Å². The summed E-state index contributed by atoms with van der Waals surface area (Å²) in [6, 6.07) is -1.87. The molecule has 0 aliphatic carbocycles. The van der Waals surface area contributed by atoms with E-state index in [1.807, 2.05) is 0 Å². The minimum absolute atomic E-state index is 0.148. The van der Waals surface area contributed by atoms with Gasteiger partial charge in [-0.05, 0) is 43.2 Å². The average molecular weight is 819 g/mol. The second kappa shape index (κ2) is 23.0. The maximum Gasteiger partial charge on any atom is 0.326 e. The maximum atomic E-state index is 14.0. The molecule has 0 aliphatic heterocycles. The zero-order valence-electron chi connectivity index (χ0n) is 33.5. The number of primary amides is 1. The first-order valence-corrected chi connectivity index (χ1v) is 19.0. The Morgan fingerprint density at radius 3 is 1.83 bits per heavy atom. The second-order valence-electron chi connectivity index (χ2n) is 14.6. The van der Waals surface area contributed by atoms with Gasteiger partial charge in [0.05, 0.1) is 12.2 Å². The Bertz CT molecular complexity index is 1760. The van der Waals surface area contributed by atoms with Gasteiger partial charge < -0.3 is 63.0 Å². The molecule has 2 aromatic rings. The fourth-order valence-corrected chi connectivity index (χ4v) is 6.03. The van der Waals surface area contributed by atoms with E-state index in [-0.39, 0.29) is 25.7 Å². The van der Waals surface area contributed by atoms with Gasteiger partial charge in [-0.2, -0.15) is 0 Å². The van der Waals surface area contributed by atoms with Crippen LogP contribution in [-0.2, 0) is 44.8 Å². The molecule has 0 unspecified atom stereocenters. The van der Waals surface area contributed by atoms with Crippen molar-refractivity contribution >= 4 is 58.2 Å². The van der Waals surface area contributed by atoms with Gasteiger partial charge in [-0.15, -0.1) is 0 Å². The fourth-order valence-electron chi connectivity index (χ4n) is 6.03. The molecular formula is C38H58N8O12. The lowest BCUT2D eigenvalue weighted by molar-refractivity contribution is -0.143. The van der Waals surface area contributed by atoms with Gasteiger partial charge in [-0.25, -0.2) is 4.79 Å². The number of nitrogens with one attached hydrogen (secondary N) is 7. The van der Waals surface area contributed by atoms with Crippen molar-refractivity contribution in [2.75, 3.05) is 6.61 Å². The summed E-state index contributed by atoms with van der Waals surface area (Å²) in [5.74, 6) is -8.84. The molecule has 58 heavy (non-hydrogen) atoms. The Labute approximate surface area is 335 Å². The Morgan fingerprint density at radius 1 is 0.724 bits per heavy atom. The third kappa shape index (κ3) is 14.4. The van der Waals surface area contributed by atoms with Crippen molar-refractivity contribution in [2.24, 2.45) is 17.6 Å². The van der Waals surface area contributed by atoms with E-state index in [1.165, 1.54) is 6.92 Å². The number of hydrogen-bond acceptors (Lipinski definition) is 11. The van der Waals surface area contributed by atoms with Crippen molar-refractivity contribution in [3.8, 4) is 0 Å². The zero-order valence-corrected chi connectivity index (χ0v) is 33.5. The van der Waals surface area contributed by atoms with Crippen molar-refractivity contribution < 1.29 is 58.8 Å². The Kier molecular flexibility index (Phi) is 19.2. The van der Waals surface area contributed by atoms with Crippen LogP contribution in [0.3, 0.4) is 0 Å². The summed E-state index contributed by atoms with van der Waals surface area (Å²) < 4.78 is 0. The van der Waals surface area contributed by atoms with Crippen LogP contribution in [0.1, 0.15) is 72.8 Å². The smallest absolute Gasteiger partial charge is 0.326 e. The van der Waals surface area contributed by atoms with Crippen molar-refractivity contribution in [3.63, 3.8) is 0 Å². The number of benzene rings is 1. The van der Waals surface area contributed by atoms with Crippen molar-refractivity contribution in [3.05, 3.63) is 36.0 Å². The van der Waals surface area contributed by atoms with E-state index in [2.05, 4.69) is 36.9 Å². The first-order valence-electron chi connectivity index (χ1n) is 19.0. The number of aliphatic carboxylic acids is 1. The van der Waals surface area contributed by atoms with E-state index in [1.54, 1.807) is 58.2 Å². The number of aliphatic hydroxyl groups excluding tert-OH is 3. The summed E-state index contributed by atoms with van der Waals surface area (Å²) in [7, 11) is 0. The molecule has 0 aliphatic rings. The number of aromatic nitrogens is 1. The summed E-state index contributed by atoms with van der Waals surface area (Å²) in [6.45, 7) is 8.19. The van der Waals surface area contributed by atoms with Gasteiger partial charge >= 0.3 is 5.97 Å². The van der Waals surface area contributed by atoms with Crippen LogP contribution >= 0.6 is 0 Å². The molecule has 322 valence electrons. The van der Waals surface area contributed by atoms with E-state index in [9.17, 15) is 58.8 Å². The Morgan fingerprint density at radius 2 is 1.28 bits per heavy atom. The van der Waals surface area contributed by atoms with Gasteiger partial charge in [-0.1, -0.05) is 52.3 Å². The van der Waals surface area contributed by atoms with E-state index >= 15 is 0 Å². The first-order chi connectivity index (χ1) is 27.2. The molecule has 1 heterocycles. The van der Waals surface area contributed by atoms with Crippen LogP contribution in [0.2, 0.25) is 0 Å². The minimum Gasteiger partial charge on any atom is -0.480 e. The maximum absolute atomic E-state index is 14.0. The van der Waals surface area contributed by atoms with Crippen LogP contribution in [-0.4, -0.2) is 128 Å². The highest BCUT2D eigenvalue weighted by Crippen LogP contribution is 2.20. The molecule has 1 aromatic heterocycles. The fraction of sp³-hybridized carbons (Fsp3) is 0.579. The predicted octanol–water partition coefficient (Wildman–Crippen LogP) is -2.18. The average Bonchev–Trinajstić information content (AvgIpc) is 3.56. The van der Waals surface area contributed by atoms with Crippen molar-refractivity contribution in [1.29, 1.82) is 0 Å². The molecule has 0 bridgehead atoms. The van der Waals surface area contributed by atoms with Gasteiger partial charge in [0, 0.05) is 43.5 Å². The van der Waals surface area contributed by atoms with E-state index in [0.717, 1.165) is 12.4 Å². The van der Waals surface area contributed by atoms with Gasteiger partial charge in [0.25, 0.3) is 0 Å². The summed E-state index contributed by atoms with van der Waals surface area (Å²) in [4.78, 5) is 107. The summed E-state index contributed by atoms with van der Waals surface area (Å²) >= 11 is 0. The molecule has 0 radical (unpaired) electrons. The molecule has 0 spiro atoms. The number of aliphatic hydroxyl groups is 3. The number of nitrogens with two attached hydrogens (primary N) is 1. The zero-order chi connectivity index (χ0) is 43.9. The number of carbonyl (C=O) groups excluding carboxylic acids is 7. The number of fused-ring (bicyclic) bond motifs is 1. The lowest BCUT2D eigenvalue weighted by atomic mass is 9.96. The van der Waals surface area contributed by atoms with Gasteiger partial charge in [-0.3, -0.25) is 33.6 Å². The molecule has 9 atom stereocenters. The highest BCUT2D eigenvalue weighted by atomic mass is 16.4. The lowest BCUT2D eigenvalue weighted by Crippen LogP contribution is -2.63. The van der Waals surface area contributed by atoms with Crippen LogP contribution in [0.25, 0.3) is 10.9 Å². The molecule has 0 fully saturated rings. The van der Waals surface area contributed by atoms with Crippen molar-refractivity contribution in [1.82, 2.24) is 36.9 Å². The molecule has 13 N–H and O–H groups in total. The Hall–Kier alpha value is -5.60. The highest BCUT2D eigenvalue weighted by molar-refractivity contribution is 5.97. The Balaban J connectivity index is 2.47. The molecule has 20 nitrogen and oxygen atoms in total. The normalized spacial score (nSPS) is 16.0. The number of H-pyrrole nitrogens is 1. The monoisotopic (exact) mass is 818 g/mol. The summed E-state index contributed by atoms with van der Waals surface area (Å²) in [6.07, 6.45) is -2.49. The molecule has 20 heteroatoms. The second-order valence-corrected chi connectivity index (χ2v) is 14.6. The van der Waals surface area contributed by atoms with E-state index < -0.39 is 121 Å². The van der Waals surface area contributed by atoms with Crippen LogP contribution in [0.4, 0.5) is 0 Å². The van der Waals surface area contributed by atoms with Crippen LogP contribution < -0.4 is 37.6 Å². The number of amides is 7. The summed E-state index contributed by atoms with van der Waals surface area (Å²) in [5, 5.41) is 55.8. The first kappa shape index (κ1) is 48.5. The number of carbonyl (C=O) groups is 8. The van der Waals surface area contributed by atoms with Crippen LogP contribution in [0.5, 0.6) is 0 Å². The quantitative estimate of drug-likeness (QED) is 0.0538. The number of aromatic amines is 1. The van der Waals surface area contributed by atoms with Crippen molar-refractivity contribution in [2.45, 2.75) is 122 Å². The third-order valence-electron chi connectivity index (χ3n) is 9.58. The number of hydrogen-bond donors (Lipinski definition) is 12. The third-order valence-corrected chi connectivity index (χ3v) is 9.58.